The fourth-order valence-corrected chi connectivity index (χ4v) is 2.75. The van der Waals surface area contributed by atoms with Gasteiger partial charge in [-0.05, 0) is 38.3 Å². The van der Waals surface area contributed by atoms with E-state index in [-0.39, 0.29) is 5.91 Å². The van der Waals surface area contributed by atoms with E-state index in [1.165, 1.54) is 16.8 Å². The van der Waals surface area contributed by atoms with Gasteiger partial charge < -0.3 is 14.7 Å². The van der Waals surface area contributed by atoms with Crippen LogP contribution in [0.25, 0.3) is 0 Å². The van der Waals surface area contributed by atoms with Gasteiger partial charge >= 0.3 is 0 Å². The lowest BCUT2D eigenvalue weighted by molar-refractivity contribution is -0.115. The molecular weight excluding hydrogens is 266 g/mol. The molecule has 0 bridgehead atoms. The average Bonchev–Trinajstić information content (AvgIpc) is 2.83. The molecule has 5 nitrogen and oxygen atoms in total. The predicted octanol–water partition coefficient (Wildman–Crippen LogP) is 2.68. The van der Waals surface area contributed by atoms with E-state index < -0.39 is 0 Å². The van der Waals surface area contributed by atoms with Crippen LogP contribution >= 0.6 is 0 Å². The third-order valence-corrected chi connectivity index (χ3v) is 3.68. The van der Waals surface area contributed by atoms with Crippen molar-refractivity contribution in [2.75, 3.05) is 23.3 Å². The standard InChI is InChI=1S/C16H19N3O2/c1-11-5-6-14-13(8-11)4-3-7-19(14)10-16(20)17-15-9-12(2)21-18-15/h5-6,8-9H,3-4,7,10H2,1-2H3,(H,17,18,20). The minimum Gasteiger partial charge on any atom is -0.362 e. The van der Waals surface area contributed by atoms with E-state index in [9.17, 15) is 4.79 Å². The number of aryl methyl sites for hydroxylation is 3. The minimum absolute atomic E-state index is 0.0725. The molecule has 2 aromatic rings. The van der Waals surface area contributed by atoms with Crippen LogP contribution in [0.3, 0.4) is 0 Å². The zero-order valence-corrected chi connectivity index (χ0v) is 12.3. The van der Waals surface area contributed by atoms with E-state index in [1.807, 2.05) is 0 Å². The number of fused-ring (bicyclic) bond motifs is 1. The Kier molecular flexibility index (Phi) is 3.64. The third-order valence-electron chi connectivity index (χ3n) is 3.68. The van der Waals surface area contributed by atoms with Gasteiger partial charge in [0.1, 0.15) is 5.76 Å². The van der Waals surface area contributed by atoms with E-state index in [4.69, 9.17) is 4.52 Å². The van der Waals surface area contributed by atoms with E-state index >= 15 is 0 Å². The number of benzene rings is 1. The van der Waals surface area contributed by atoms with Crippen molar-refractivity contribution in [1.82, 2.24) is 5.16 Å². The maximum Gasteiger partial charge on any atom is 0.245 e. The van der Waals surface area contributed by atoms with E-state index in [1.54, 1.807) is 13.0 Å². The molecule has 0 saturated carbocycles. The van der Waals surface area contributed by atoms with Gasteiger partial charge in [0.05, 0.1) is 6.54 Å². The van der Waals surface area contributed by atoms with Crippen molar-refractivity contribution in [2.45, 2.75) is 26.7 Å². The molecule has 1 amide bonds. The van der Waals surface area contributed by atoms with E-state index in [2.05, 4.69) is 40.5 Å². The monoisotopic (exact) mass is 285 g/mol. The molecule has 1 aromatic heterocycles. The SMILES string of the molecule is Cc1ccc2c(c1)CCCN2CC(=O)Nc1cc(C)on1. The number of aromatic nitrogens is 1. The summed E-state index contributed by atoms with van der Waals surface area (Å²) in [5.74, 6) is 1.08. The maximum atomic E-state index is 12.1. The van der Waals surface area contributed by atoms with Gasteiger partial charge in [0, 0.05) is 18.3 Å². The first-order chi connectivity index (χ1) is 10.1. The Labute approximate surface area is 123 Å². The van der Waals surface area contributed by atoms with Crippen molar-refractivity contribution in [3.05, 3.63) is 41.2 Å². The molecule has 5 heteroatoms. The normalized spacial score (nSPS) is 13.9. The van der Waals surface area contributed by atoms with Gasteiger partial charge in [-0.15, -0.1) is 0 Å². The molecule has 1 aliphatic rings. The van der Waals surface area contributed by atoms with Crippen molar-refractivity contribution >= 4 is 17.4 Å². The lowest BCUT2D eigenvalue weighted by Gasteiger charge is -2.30. The number of nitrogens with one attached hydrogen (secondary N) is 1. The van der Waals surface area contributed by atoms with Crippen molar-refractivity contribution in [1.29, 1.82) is 0 Å². The molecule has 1 N–H and O–H groups in total. The molecule has 3 rings (SSSR count). The van der Waals surface area contributed by atoms with Crippen LogP contribution in [0.1, 0.15) is 23.3 Å². The van der Waals surface area contributed by atoms with E-state index in [0.29, 0.717) is 18.1 Å². The largest absolute Gasteiger partial charge is 0.362 e. The van der Waals surface area contributed by atoms with Gasteiger partial charge in [-0.1, -0.05) is 22.9 Å². The molecule has 0 saturated heterocycles. The van der Waals surface area contributed by atoms with Crippen LogP contribution in [0.15, 0.2) is 28.8 Å². The van der Waals surface area contributed by atoms with Crippen molar-refractivity contribution in [3.8, 4) is 0 Å². The highest BCUT2D eigenvalue weighted by molar-refractivity contribution is 5.93. The number of amides is 1. The van der Waals surface area contributed by atoms with Crippen molar-refractivity contribution in [3.63, 3.8) is 0 Å². The molecule has 0 unspecified atom stereocenters. The number of carbonyl (C=O) groups is 1. The number of hydrogen-bond donors (Lipinski definition) is 1. The Hall–Kier alpha value is -2.30. The third kappa shape index (κ3) is 3.07. The van der Waals surface area contributed by atoms with Crippen LogP contribution in [0, 0.1) is 13.8 Å². The highest BCUT2D eigenvalue weighted by Gasteiger charge is 2.19. The second-order valence-corrected chi connectivity index (χ2v) is 5.53. The molecule has 21 heavy (non-hydrogen) atoms. The lowest BCUT2D eigenvalue weighted by Crippen LogP contribution is -2.36. The zero-order chi connectivity index (χ0) is 14.8. The first kappa shape index (κ1) is 13.7. The van der Waals surface area contributed by atoms with Crippen LogP contribution in [0.5, 0.6) is 0 Å². The van der Waals surface area contributed by atoms with Crippen LogP contribution in [0.4, 0.5) is 11.5 Å². The Morgan fingerprint density at radius 1 is 1.38 bits per heavy atom. The molecule has 0 spiro atoms. The van der Waals surface area contributed by atoms with Gasteiger partial charge in [-0.2, -0.15) is 0 Å². The van der Waals surface area contributed by atoms with Gasteiger partial charge in [0.2, 0.25) is 5.91 Å². The Morgan fingerprint density at radius 3 is 3.00 bits per heavy atom. The van der Waals surface area contributed by atoms with Gasteiger partial charge in [0.15, 0.2) is 5.82 Å². The summed E-state index contributed by atoms with van der Waals surface area (Å²) in [6.45, 7) is 5.13. The summed E-state index contributed by atoms with van der Waals surface area (Å²) in [6.07, 6.45) is 2.16. The Balaban J connectivity index is 1.70. The second kappa shape index (κ2) is 5.60. The molecule has 0 atom stereocenters. The summed E-state index contributed by atoms with van der Waals surface area (Å²) in [5.41, 5.74) is 3.75. The van der Waals surface area contributed by atoms with Crippen LogP contribution in [-0.4, -0.2) is 24.2 Å². The van der Waals surface area contributed by atoms with Gasteiger partial charge in [-0.25, -0.2) is 0 Å². The molecule has 0 aliphatic carbocycles. The summed E-state index contributed by atoms with van der Waals surface area (Å²) < 4.78 is 4.95. The summed E-state index contributed by atoms with van der Waals surface area (Å²) in [6, 6.07) is 8.12. The van der Waals surface area contributed by atoms with Crippen molar-refractivity contribution in [2.24, 2.45) is 0 Å². The quantitative estimate of drug-likeness (QED) is 0.942. The summed E-state index contributed by atoms with van der Waals surface area (Å²) in [4.78, 5) is 14.3. The van der Waals surface area contributed by atoms with Crippen LogP contribution in [0.2, 0.25) is 0 Å². The van der Waals surface area contributed by atoms with Gasteiger partial charge in [-0.3, -0.25) is 4.79 Å². The maximum absolute atomic E-state index is 12.1. The number of nitrogens with zero attached hydrogens (tertiary/aromatic N) is 2. The van der Waals surface area contributed by atoms with Crippen molar-refractivity contribution < 1.29 is 9.32 Å². The number of hydrogen-bond acceptors (Lipinski definition) is 4. The van der Waals surface area contributed by atoms with Crippen LogP contribution in [-0.2, 0) is 11.2 Å². The molecule has 2 heterocycles. The fourth-order valence-electron chi connectivity index (χ4n) is 2.75. The molecule has 0 radical (unpaired) electrons. The Bertz CT molecular complexity index is 663. The summed E-state index contributed by atoms with van der Waals surface area (Å²) >= 11 is 0. The summed E-state index contributed by atoms with van der Waals surface area (Å²) in [7, 11) is 0. The first-order valence-corrected chi connectivity index (χ1v) is 7.19. The molecule has 1 aliphatic heterocycles. The fraction of sp³-hybridized carbons (Fsp3) is 0.375. The number of anilines is 2. The smallest absolute Gasteiger partial charge is 0.245 e. The molecule has 0 fully saturated rings. The van der Waals surface area contributed by atoms with E-state index in [0.717, 1.165) is 19.4 Å². The average molecular weight is 285 g/mol. The summed E-state index contributed by atoms with van der Waals surface area (Å²) in [5, 5.41) is 6.55. The highest BCUT2D eigenvalue weighted by Crippen LogP contribution is 2.27. The first-order valence-electron chi connectivity index (χ1n) is 7.19. The number of rotatable bonds is 3. The molecule has 110 valence electrons. The second-order valence-electron chi connectivity index (χ2n) is 5.53. The predicted molar refractivity (Wildman–Crippen MR) is 81.6 cm³/mol. The Morgan fingerprint density at radius 2 is 2.24 bits per heavy atom. The highest BCUT2D eigenvalue weighted by atomic mass is 16.5. The topological polar surface area (TPSA) is 58.4 Å². The number of carbonyl (C=O) groups excluding carboxylic acids is 1. The molecular formula is C16H19N3O2. The minimum atomic E-state index is -0.0725. The van der Waals surface area contributed by atoms with Crippen LogP contribution < -0.4 is 10.2 Å². The van der Waals surface area contributed by atoms with Gasteiger partial charge in [0.25, 0.3) is 0 Å². The molecule has 1 aromatic carbocycles. The lowest BCUT2D eigenvalue weighted by atomic mass is 9.99. The zero-order valence-electron chi connectivity index (χ0n) is 12.3.